The van der Waals surface area contributed by atoms with Gasteiger partial charge in [0.05, 0.1) is 11.4 Å². The van der Waals surface area contributed by atoms with Crippen LogP contribution in [0.5, 0.6) is 0 Å². The Morgan fingerprint density at radius 2 is 1.93 bits per heavy atom. The lowest BCUT2D eigenvalue weighted by atomic mass is 9.94. The van der Waals surface area contributed by atoms with Crippen molar-refractivity contribution in [2.75, 3.05) is 18.4 Å². The molecule has 13 heteroatoms. The average Bonchev–Trinajstić information content (AvgIpc) is 3.44. The summed E-state index contributed by atoms with van der Waals surface area (Å²) < 4.78 is 65.3. The van der Waals surface area contributed by atoms with Crippen LogP contribution in [-0.4, -0.2) is 59.9 Å². The van der Waals surface area contributed by atoms with E-state index in [4.69, 9.17) is 0 Å². The molecule has 0 saturated heterocycles. The molecule has 218 valence electrons. The van der Waals surface area contributed by atoms with E-state index in [0.717, 1.165) is 15.3 Å². The van der Waals surface area contributed by atoms with E-state index >= 15 is 0 Å². The molecule has 5 rings (SSSR count). The van der Waals surface area contributed by atoms with Gasteiger partial charge in [0.25, 0.3) is 0 Å². The second-order valence-corrected chi connectivity index (χ2v) is 11.3. The smallest absolute Gasteiger partial charge is 0.361 e. The molecule has 1 aliphatic heterocycles. The van der Waals surface area contributed by atoms with Crippen molar-refractivity contribution in [1.29, 1.82) is 0 Å². The number of fused-ring (bicyclic) bond motifs is 1. The molecule has 4 atom stereocenters. The number of anilines is 1. The van der Waals surface area contributed by atoms with Gasteiger partial charge in [0.15, 0.2) is 0 Å². The molecular weight excluding hydrogens is 563 g/mol. The fourth-order valence-corrected chi connectivity index (χ4v) is 5.86. The number of carbonyl (C=O) groups is 1. The minimum absolute atomic E-state index is 0.0116. The molecule has 0 fully saturated rings. The lowest BCUT2D eigenvalue weighted by molar-refractivity contribution is -0.126. The molecule has 7 nitrogen and oxygen atoms in total. The number of carbonyl (C=O) groups excluding carboxylic acids is 1. The molecular formula is C28H29F5N6OS. The normalized spacial score (nSPS) is 22.9. The van der Waals surface area contributed by atoms with E-state index in [2.05, 4.69) is 30.9 Å². The van der Waals surface area contributed by atoms with E-state index < -0.39 is 37.1 Å². The van der Waals surface area contributed by atoms with Crippen LogP contribution in [0, 0.1) is 5.92 Å². The van der Waals surface area contributed by atoms with E-state index in [1.807, 2.05) is 18.2 Å². The van der Waals surface area contributed by atoms with Gasteiger partial charge in [-0.25, -0.2) is 18.7 Å². The highest BCUT2D eigenvalue weighted by Crippen LogP contribution is 2.32. The number of allylic oxidation sites excluding steroid dienone is 1. The van der Waals surface area contributed by atoms with Crippen molar-refractivity contribution in [3.8, 4) is 10.4 Å². The van der Waals surface area contributed by atoms with Crippen LogP contribution in [-0.2, 0) is 11.3 Å². The molecule has 2 aromatic heterocycles. The van der Waals surface area contributed by atoms with E-state index in [-0.39, 0.29) is 31.1 Å². The summed E-state index contributed by atoms with van der Waals surface area (Å²) in [7, 11) is 0. The number of aromatic nitrogens is 2. The lowest BCUT2D eigenvalue weighted by Gasteiger charge is -2.27. The van der Waals surface area contributed by atoms with Gasteiger partial charge in [0, 0.05) is 40.9 Å². The third-order valence-electron chi connectivity index (χ3n) is 7.08. The van der Waals surface area contributed by atoms with Gasteiger partial charge in [0.2, 0.25) is 5.91 Å². The number of nitrogens with one attached hydrogen (secondary N) is 3. The van der Waals surface area contributed by atoms with Crippen molar-refractivity contribution in [3.63, 3.8) is 0 Å². The molecule has 0 saturated carbocycles. The minimum atomic E-state index is -4.38. The molecule has 0 bridgehead atoms. The first-order valence-electron chi connectivity index (χ1n) is 13.3. The zero-order valence-corrected chi connectivity index (χ0v) is 22.7. The topological polar surface area (TPSA) is 91.3 Å². The first-order valence-corrected chi connectivity index (χ1v) is 14.1. The molecule has 3 heterocycles. The number of aliphatic imine (C=N–C) groups is 1. The van der Waals surface area contributed by atoms with E-state index in [1.165, 1.54) is 17.7 Å². The maximum atomic E-state index is 13.7. The Kier molecular flexibility index (Phi) is 8.93. The van der Waals surface area contributed by atoms with Gasteiger partial charge in [0.1, 0.15) is 37.2 Å². The van der Waals surface area contributed by atoms with Gasteiger partial charge < -0.3 is 10.6 Å². The van der Waals surface area contributed by atoms with Crippen LogP contribution in [0.1, 0.15) is 30.6 Å². The Morgan fingerprint density at radius 1 is 1.07 bits per heavy atom. The van der Waals surface area contributed by atoms with E-state index in [1.54, 1.807) is 24.4 Å². The maximum Gasteiger partial charge on any atom is 0.405 e. The van der Waals surface area contributed by atoms with Crippen LogP contribution < -0.4 is 16.0 Å². The molecule has 0 spiro atoms. The summed E-state index contributed by atoms with van der Waals surface area (Å²) in [6, 6.07) is 9.25. The molecule has 1 aromatic carbocycles. The minimum Gasteiger partial charge on any atom is -0.361 e. The van der Waals surface area contributed by atoms with Crippen molar-refractivity contribution in [2.45, 2.75) is 56.9 Å². The average molecular weight is 593 g/mol. The van der Waals surface area contributed by atoms with Gasteiger partial charge >= 0.3 is 6.18 Å². The Morgan fingerprint density at radius 3 is 2.73 bits per heavy atom. The number of hydrogen-bond donors (Lipinski definition) is 3. The maximum absolute atomic E-state index is 13.7. The first kappa shape index (κ1) is 29.1. The van der Waals surface area contributed by atoms with Crippen molar-refractivity contribution >= 4 is 40.2 Å². The molecule has 1 aliphatic carbocycles. The Balaban J connectivity index is 1.21. The van der Waals surface area contributed by atoms with Crippen LogP contribution >= 0.6 is 11.3 Å². The predicted molar refractivity (Wildman–Crippen MR) is 149 cm³/mol. The zero-order valence-electron chi connectivity index (χ0n) is 21.9. The highest BCUT2D eigenvalue weighted by atomic mass is 32.1. The van der Waals surface area contributed by atoms with Crippen molar-refractivity contribution < 1.29 is 26.7 Å². The summed E-state index contributed by atoms with van der Waals surface area (Å²) in [5.41, 5.74) is 2.04. The summed E-state index contributed by atoms with van der Waals surface area (Å²) in [5.74, 6) is -0.469. The predicted octanol–water partition coefficient (Wildman–Crippen LogP) is 5.74. The number of thiophene rings is 1. The summed E-state index contributed by atoms with van der Waals surface area (Å²) in [4.78, 5) is 27.5. The molecule has 1 amide bonds. The number of nitrogens with zero attached hydrogens (tertiary/aromatic N) is 3. The van der Waals surface area contributed by atoms with Gasteiger partial charge in [-0.2, -0.15) is 13.2 Å². The first-order chi connectivity index (χ1) is 19.7. The zero-order chi connectivity index (χ0) is 29.0. The van der Waals surface area contributed by atoms with E-state index in [0.29, 0.717) is 35.9 Å². The Labute approximate surface area is 237 Å². The largest absolute Gasteiger partial charge is 0.405 e. The number of alkyl halides is 5. The fraction of sp³-hybridized carbons (Fsp3) is 0.429. The van der Waals surface area contributed by atoms with Gasteiger partial charge in [-0.1, -0.05) is 17.7 Å². The SMILES string of the molecule is O=C(NCC1=CCC(F)C(F)C1)C1CCC=NC1NCc1ccc(-c2ccc3ncnc(NCC(F)(F)F)c3c2)s1. The second kappa shape index (κ2) is 12.6. The molecule has 2 aliphatic rings. The second-order valence-electron chi connectivity index (χ2n) is 10.1. The summed E-state index contributed by atoms with van der Waals surface area (Å²) in [6.45, 7) is -0.550. The summed E-state index contributed by atoms with van der Waals surface area (Å²) in [6.07, 6.45) is -1.85. The van der Waals surface area contributed by atoms with Crippen LogP contribution in [0.4, 0.5) is 27.8 Å². The van der Waals surface area contributed by atoms with Crippen molar-refractivity contribution in [2.24, 2.45) is 10.9 Å². The van der Waals surface area contributed by atoms with Crippen molar-refractivity contribution in [1.82, 2.24) is 20.6 Å². The number of hydrogen-bond acceptors (Lipinski definition) is 7. The molecule has 0 radical (unpaired) electrons. The molecule has 3 N–H and O–H groups in total. The summed E-state index contributed by atoms with van der Waals surface area (Å²) in [5, 5.41) is 9.05. The number of halogens is 5. The number of benzene rings is 1. The highest BCUT2D eigenvalue weighted by molar-refractivity contribution is 7.15. The van der Waals surface area contributed by atoms with Crippen LogP contribution in [0.2, 0.25) is 0 Å². The van der Waals surface area contributed by atoms with Gasteiger partial charge in [-0.05, 0) is 49.1 Å². The standard InChI is InChI=1S/C28H29F5N6OS/c29-21-6-3-16(10-22(21)30)12-36-27(40)19-2-1-9-34-25(19)35-13-18-5-8-24(41-18)17-4-7-23-20(11-17)26(39-15-38-23)37-14-28(31,32)33/h3-5,7-9,11,15,19,21-22,25,35H,1-2,6,10,12-14H2,(H,36,40)(H,37,38,39). The van der Waals surface area contributed by atoms with Gasteiger partial charge in [-0.15, -0.1) is 11.3 Å². The van der Waals surface area contributed by atoms with Crippen LogP contribution in [0.15, 0.2) is 53.3 Å². The fourth-order valence-electron chi connectivity index (χ4n) is 4.91. The molecule has 4 unspecified atom stereocenters. The van der Waals surface area contributed by atoms with Crippen LogP contribution in [0.3, 0.4) is 0 Å². The number of amides is 1. The highest BCUT2D eigenvalue weighted by Gasteiger charge is 2.31. The summed E-state index contributed by atoms with van der Waals surface area (Å²) >= 11 is 1.52. The monoisotopic (exact) mass is 592 g/mol. The number of rotatable bonds is 9. The molecule has 41 heavy (non-hydrogen) atoms. The quantitative estimate of drug-likeness (QED) is 0.218. The third kappa shape index (κ3) is 7.45. The Hall–Kier alpha value is -3.45. The molecule has 3 aromatic rings. The van der Waals surface area contributed by atoms with Gasteiger partial charge in [-0.3, -0.25) is 15.1 Å². The Bertz CT molecular complexity index is 1440. The van der Waals surface area contributed by atoms with E-state index in [9.17, 15) is 26.7 Å². The van der Waals surface area contributed by atoms with Crippen molar-refractivity contribution in [3.05, 3.63) is 53.2 Å². The third-order valence-corrected chi connectivity index (χ3v) is 8.22. The van der Waals surface area contributed by atoms with Crippen LogP contribution in [0.25, 0.3) is 21.3 Å². The lowest BCUT2D eigenvalue weighted by Crippen LogP contribution is -2.45.